The highest BCUT2D eigenvalue weighted by atomic mass is 35.5. The van der Waals surface area contributed by atoms with Gasteiger partial charge >= 0.3 is 24.5 Å². The highest BCUT2D eigenvalue weighted by molar-refractivity contribution is 7.19. The minimum absolute atomic E-state index is 0.0333. The van der Waals surface area contributed by atoms with Crippen LogP contribution in [-0.4, -0.2) is 43.9 Å². The van der Waals surface area contributed by atoms with E-state index in [4.69, 9.17) is 11.6 Å². The van der Waals surface area contributed by atoms with E-state index in [1.54, 1.807) is 0 Å². The number of carbonyl (C=O) groups is 1. The second-order valence-corrected chi connectivity index (χ2v) is 9.83. The number of rotatable bonds is 5. The first-order valence-corrected chi connectivity index (χ1v) is 11.2. The first kappa shape index (κ1) is 28.1. The van der Waals surface area contributed by atoms with Crippen molar-refractivity contribution in [3.8, 4) is 16.3 Å². The molecule has 0 aromatic carbocycles. The fraction of sp³-hybridized carbons (Fsp3) is 0.421. The molecule has 3 aromatic rings. The molecular weight excluding hydrogens is 591 g/mol. The molecule has 4 rings (SSSR count). The number of carbonyl (C=O) groups excluding carboxylic acids is 1. The molecule has 19 heteroatoms. The lowest BCUT2D eigenvalue weighted by Gasteiger charge is -2.19. The fourth-order valence-electron chi connectivity index (χ4n) is 3.59. The van der Waals surface area contributed by atoms with Crippen LogP contribution in [0.2, 0.25) is 4.34 Å². The van der Waals surface area contributed by atoms with Gasteiger partial charge in [0.25, 0.3) is 5.91 Å². The van der Waals surface area contributed by atoms with Crippen molar-refractivity contribution >= 4 is 28.8 Å². The molecule has 0 spiro atoms. The van der Waals surface area contributed by atoms with Crippen LogP contribution in [0.15, 0.2) is 18.5 Å². The maximum atomic E-state index is 13.9. The number of hydrogen-bond donors (Lipinski definition) is 1. The maximum Gasteiger partial charge on any atom is 0.459 e. The average molecular weight is 602 g/mol. The number of aryl methyl sites for hydroxylation is 1. The third-order valence-corrected chi connectivity index (χ3v) is 6.90. The molecule has 3 aromatic heterocycles. The molecule has 1 aliphatic carbocycles. The van der Waals surface area contributed by atoms with Crippen LogP contribution < -0.4 is 5.32 Å². The van der Waals surface area contributed by atoms with Gasteiger partial charge in [0.15, 0.2) is 11.5 Å². The smallest absolute Gasteiger partial charge is 0.349 e. The third kappa shape index (κ3) is 4.94. The summed E-state index contributed by atoms with van der Waals surface area (Å²) in [7, 11) is 0.707. The van der Waals surface area contributed by atoms with Crippen LogP contribution in [0.5, 0.6) is 0 Å². The lowest BCUT2D eigenvalue weighted by atomic mass is 10.1. The van der Waals surface area contributed by atoms with Crippen molar-refractivity contribution in [3.05, 3.63) is 39.6 Å². The Kier molecular flexibility index (Phi) is 6.53. The quantitative estimate of drug-likeness (QED) is 0.347. The van der Waals surface area contributed by atoms with Crippen LogP contribution in [0.4, 0.5) is 48.3 Å². The van der Waals surface area contributed by atoms with Gasteiger partial charge in [0, 0.05) is 29.7 Å². The number of aromatic nitrogens is 4. The molecule has 0 unspecified atom stereocenters. The zero-order valence-corrected chi connectivity index (χ0v) is 19.8. The number of nitrogens with zero attached hydrogens (tertiary/aromatic N) is 4. The Morgan fingerprint density at radius 1 is 1.11 bits per heavy atom. The van der Waals surface area contributed by atoms with Crippen molar-refractivity contribution in [3.63, 3.8) is 0 Å². The van der Waals surface area contributed by atoms with E-state index >= 15 is 0 Å². The van der Waals surface area contributed by atoms with Gasteiger partial charge in [-0.15, -0.1) is 11.3 Å². The highest BCUT2D eigenvalue weighted by Crippen LogP contribution is 2.49. The molecule has 6 nitrogen and oxygen atoms in total. The molecule has 0 aliphatic heterocycles. The molecule has 3 heterocycles. The lowest BCUT2D eigenvalue weighted by Crippen LogP contribution is -2.36. The minimum Gasteiger partial charge on any atom is -0.349 e. The summed E-state index contributed by atoms with van der Waals surface area (Å²) in [6.45, 7) is 0. The molecule has 1 fully saturated rings. The number of hydrogen-bond acceptors (Lipinski definition) is 4. The number of alkyl halides is 11. The zero-order valence-electron chi connectivity index (χ0n) is 18.2. The summed E-state index contributed by atoms with van der Waals surface area (Å²) >= 11 is 6.71. The number of nitrogens with one attached hydrogen (secondary N) is 1. The van der Waals surface area contributed by atoms with Crippen LogP contribution in [0.3, 0.4) is 0 Å². The molecule has 1 aliphatic rings. The van der Waals surface area contributed by atoms with Crippen molar-refractivity contribution in [1.82, 2.24) is 24.9 Å². The van der Waals surface area contributed by atoms with Crippen LogP contribution >= 0.6 is 22.9 Å². The van der Waals surface area contributed by atoms with Gasteiger partial charge in [-0.05, 0) is 12.5 Å². The molecule has 208 valence electrons. The second-order valence-electron chi connectivity index (χ2n) is 8.18. The first-order valence-electron chi connectivity index (χ1n) is 10.0. The Labute approximate surface area is 213 Å². The molecule has 1 saturated carbocycles. The Morgan fingerprint density at radius 3 is 2.26 bits per heavy atom. The van der Waals surface area contributed by atoms with Gasteiger partial charge < -0.3 is 5.32 Å². The predicted molar refractivity (Wildman–Crippen MR) is 109 cm³/mol. The Hall–Kier alpha value is -2.89. The molecule has 0 bridgehead atoms. The molecule has 1 N–H and O–H groups in total. The van der Waals surface area contributed by atoms with Crippen LogP contribution in [0.25, 0.3) is 16.3 Å². The van der Waals surface area contributed by atoms with Gasteiger partial charge in [0.05, 0.1) is 17.7 Å². The molecule has 1 amide bonds. The third-order valence-electron chi connectivity index (χ3n) is 5.50. The maximum absolute atomic E-state index is 13.9. The van der Waals surface area contributed by atoms with Crippen molar-refractivity contribution < 1.29 is 53.1 Å². The lowest BCUT2D eigenvalue weighted by molar-refractivity contribution is -0.292. The van der Waals surface area contributed by atoms with Crippen molar-refractivity contribution in [1.29, 1.82) is 0 Å². The molecule has 0 radical (unpaired) electrons. The van der Waals surface area contributed by atoms with Crippen molar-refractivity contribution in [2.45, 2.75) is 36.9 Å². The van der Waals surface area contributed by atoms with E-state index in [0.717, 1.165) is 18.5 Å². The fourth-order valence-corrected chi connectivity index (χ4v) is 4.83. The van der Waals surface area contributed by atoms with E-state index in [9.17, 15) is 53.1 Å². The van der Waals surface area contributed by atoms with Crippen LogP contribution in [0.1, 0.15) is 28.0 Å². The summed E-state index contributed by atoms with van der Waals surface area (Å²) < 4.78 is 146. The van der Waals surface area contributed by atoms with Crippen molar-refractivity contribution in [2.24, 2.45) is 13.0 Å². The number of thiophene rings is 1. The predicted octanol–water partition coefficient (Wildman–Crippen LogP) is 6.34. The monoisotopic (exact) mass is 601 g/mol. The normalized spacial score (nSPS) is 18.7. The van der Waals surface area contributed by atoms with E-state index in [0.29, 0.717) is 23.1 Å². The van der Waals surface area contributed by atoms with Gasteiger partial charge in [-0.3, -0.25) is 4.79 Å². The Bertz CT molecular complexity index is 1380. The average Bonchev–Trinajstić information content (AvgIpc) is 3.08. The van der Waals surface area contributed by atoms with E-state index in [2.05, 4.69) is 15.5 Å². The van der Waals surface area contributed by atoms with E-state index in [1.807, 2.05) is 0 Å². The van der Waals surface area contributed by atoms with E-state index < -0.39 is 59.4 Å². The zero-order chi connectivity index (χ0) is 28.6. The summed E-state index contributed by atoms with van der Waals surface area (Å²) in [5.41, 5.74) is -5.21. The molecule has 2 atom stereocenters. The summed E-state index contributed by atoms with van der Waals surface area (Å²) in [4.78, 5) is 12.4. The summed E-state index contributed by atoms with van der Waals surface area (Å²) in [5.74, 6) is -9.85. The van der Waals surface area contributed by atoms with Gasteiger partial charge in [-0.2, -0.15) is 58.5 Å². The van der Waals surface area contributed by atoms with E-state index in [1.165, 1.54) is 0 Å². The summed E-state index contributed by atoms with van der Waals surface area (Å²) in [6.07, 6.45) is -15.1. The topological polar surface area (TPSA) is 64.7 Å². The molecule has 38 heavy (non-hydrogen) atoms. The minimum atomic E-state index is -6.38. The molecular formula is C19H11ClF11N5OS. The molecule has 0 saturated heterocycles. The second kappa shape index (κ2) is 8.82. The number of halogens is 12. The van der Waals surface area contributed by atoms with Gasteiger partial charge in [-0.1, -0.05) is 11.6 Å². The van der Waals surface area contributed by atoms with Crippen molar-refractivity contribution in [2.75, 3.05) is 0 Å². The largest absolute Gasteiger partial charge is 0.459 e. The summed E-state index contributed by atoms with van der Waals surface area (Å²) in [6, 6.07) is -0.0365. The first-order chi connectivity index (χ1) is 17.2. The van der Waals surface area contributed by atoms with Gasteiger partial charge in [-0.25, -0.2) is 9.36 Å². The standard InChI is InChI=1S/C19H11ClF11N5OS/c1-35-15(11(18(26,27)28)12(34-35)16(21,22)19(29,30)31)36-5-6(4-32-36)10-2-7(13(20)38-10)14(37)33-9-3-8(9)17(23,24)25/h2,4-5,8-9H,3H2,1H3,(H,33,37)/t8-,9-/m0/s1. The van der Waals surface area contributed by atoms with Crippen LogP contribution in [-0.2, 0) is 19.1 Å². The Morgan fingerprint density at radius 2 is 1.74 bits per heavy atom. The van der Waals surface area contributed by atoms with E-state index in [-0.39, 0.29) is 31.4 Å². The Balaban J connectivity index is 1.67. The summed E-state index contributed by atoms with van der Waals surface area (Å²) in [5, 5.41) is 8.56. The van der Waals surface area contributed by atoms with Gasteiger partial charge in [0.2, 0.25) is 0 Å². The number of amides is 1. The SMILES string of the molecule is Cn1nc(C(F)(F)C(F)(F)F)c(C(F)(F)F)c1-n1cc(-c2cc(C(=O)N[C@H]3C[C@@H]3C(F)(F)F)c(Cl)s2)cn1. The van der Waals surface area contributed by atoms with Gasteiger partial charge in [0.1, 0.15) is 9.90 Å². The van der Waals surface area contributed by atoms with Crippen LogP contribution in [0, 0.1) is 5.92 Å². The highest BCUT2D eigenvalue weighted by Gasteiger charge is 2.64.